The monoisotopic (exact) mass is 256 g/mol. The highest BCUT2D eigenvalue weighted by molar-refractivity contribution is 5.94. The molecule has 0 bridgehead atoms. The third kappa shape index (κ3) is 2.20. The third-order valence-electron chi connectivity index (χ3n) is 3.36. The normalized spacial score (nSPS) is 18.7. The van der Waals surface area contributed by atoms with Gasteiger partial charge in [-0.2, -0.15) is 0 Å². The second-order valence-electron chi connectivity index (χ2n) is 4.61. The molecule has 2 aromatic rings. The van der Waals surface area contributed by atoms with Crippen molar-refractivity contribution in [1.29, 1.82) is 0 Å². The van der Waals surface area contributed by atoms with Gasteiger partial charge in [-0.05, 0) is 29.8 Å². The Bertz CT molecular complexity index is 579. The number of nitrogens with zero attached hydrogens (tertiary/aromatic N) is 1. The molecule has 0 saturated carbocycles. The van der Waals surface area contributed by atoms with E-state index in [0.29, 0.717) is 13.1 Å². The number of aromatic amines is 1. The van der Waals surface area contributed by atoms with E-state index in [1.54, 1.807) is 4.90 Å². The van der Waals surface area contributed by atoms with Crippen LogP contribution in [0.3, 0.4) is 0 Å². The molecule has 2 amide bonds. The summed E-state index contributed by atoms with van der Waals surface area (Å²) < 4.78 is 0. The van der Waals surface area contributed by atoms with Gasteiger partial charge in [0.15, 0.2) is 0 Å². The van der Waals surface area contributed by atoms with Crippen molar-refractivity contribution in [2.24, 2.45) is 5.73 Å². The molecule has 4 N–H and O–H groups in total. The number of rotatable bonds is 3. The van der Waals surface area contributed by atoms with Crippen LogP contribution in [-0.2, 0) is 6.54 Å². The fraction of sp³-hybridized carbons (Fsp3) is 0.214. The average molecular weight is 256 g/mol. The van der Waals surface area contributed by atoms with Gasteiger partial charge in [-0.1, -0.05) is 12.1 Å². The molecule has 98 valence electrons. The van der Waals surface area contributed by atoms with Crippen molar-refractivity contribution in [3.05, 3.63) is 53.9 Å². The average Bonchev–Trinajstić information content (AvgIpc) is 3.07. The summed E-state index contributed by atoms with van der Waals surface area (Å²) in [6.45, 7) is 1.09. The second-order valence-corrected chi connectivity index (χ2v) is 4.61. The molecule has 5 heteroatoms. The van der Waals surface area contributed by atoms with Gasteiger partial charge in [0, 0.05) is 24.1 Å². The molecule has 1 aromatic heterocycles. The summed E-state index contributed by atoms with van der Waals surface area (Å²) in [5, 5.41) is 2.97. The quantitative estimate of drug-likeness (QED) is 0.782. The molecular formula is C14H16N4O. The van der Waals surface area contributed by atoms with Crippen molar-refractivity contribution in [3.8, 4) is 0 Å². The maximum Gasteiger partial charge on any atom is 0.322 e. The minimum absolute atomic E-state index is 0.00373. The van der Waals surface area contributed by atoms with E-state index >= 15 is 0 Å². The fourth-order valence-electron chi connectivity index (χ4n) is 2.35. The van der Waals surface area contributed by atoms with Crippen molar-refractivity contribution in [2.75, 3.05) is 11.4 Å². The largest absolute Gasteiger partial charge is 0.363 e. The van der Waals surface area contributed by atoms with Crippen LogP contribution in [0.25, 0.3) is 0 Å². The van der Waals surface area contributed by atoms with Crippen LogP contribution in [-0.4, -0.2) is 17.6 Å². The SMILES string of the molecule is NCc1cccc(N2CC(c3ccc[nH]3)NC2=O)c1. The van der Waals surface area contributed by atoms with Gasteiger partial charge in [0.2, 0.25) is 0 Å². The molecule has 1 aliphatic heterocycles. The van der Waals surface area contributed by atoms with E-state index in [1.807, 2.05) is 42.6 Å². The minimum Gasteiger partial charge on any atom is -0.363 e. The Morgan fingerprint density at radius 2 is 2.21 bits per heavy atom. The predicted octanol–water partition coefficient (Wildman–Crippen LogP) is 1.74. The zero-order chi connectivity index (χ0) is 13.2. The van der Waals surface area contributed by atoms with Gasteiger partial charge in [0.1, 0.15) is 0 Å². The third-order valence-corrected chi connectivity index (χ3v) is 3.36. The number of hydrogen-bond donors (Lipinski definition) is 3. The molecule has 1 aromatic carbocycles. The smallest absolute Gasteiger partial charge is 0.322 e. The number of amides is 2. The van der Waals surface area contributed by atoms with Gasteiger partial charge in [-0.3, -0.25) is 4.90 Å². The van der Waals surface area contributed by atoms with E-state index in [-0.39, 0.29) is 12.1 Å². The molecule has 1 unspecified atom stereocenters. The zero-order valence-corrected chi connectivity index (χ0v) is 10.5. The van der Waals surface area contributed by atoms with E-state index in [1.165, 1.54) is 0 Å². The van der Waals surface area contributed by atoms with Crippen molar-refractivity contribution in [3.63, 3.8) is 0 Å². The Morgan fingerprint density at radius 1 is 1.32 bits per heavy atom. The van der Waals surface area contributed by atoms with Crippen molar-refractivity contribution in [2.45, 2.75) is 12.6 Å². The first kappa shape index (κ1) is 11.8. The molecule has 19 heavy (non-hydrogen) atoms. The molecule has 1 saturated heterocycles. The molecule has 5 nitrogen and oxygen atoms in total. The lowest BCUT2D eigenvalue weighted by molar-refractivity contribution is 0.251. The minimum atomic E-state index is -0.0752. The molecule has 1 atom stereocenters. The summed E-state index contributed by atoms with van der Waals surface area (Å²) in [7, 11) is 0. The number of aromatic nitrogens is 1. The molecule has 3 rings (SSSR count). The summed E-state index contributed by atoms with van der Waals surface area (Å²) in [5.41, 5.74) is 8.56. The lowest BCUT2D eigenvalue weighted by atomic mass is 10.2. The molecule has 0 spiro atoms. The van der Waals surface area contributed by atoms with E-state index in [9.17, 15) is 4.79 Å². The maximum absolute atomic E-state index is 12.0. The summed E-state index contributed by atoms with van der Waals surface area (Å²) >= 11 is 0. The number of H-pyrrole nitrogens is 1. The van der Waals surface area contributed by atoms with E-state index in [2.05, 4.69) is 10.3 Å². The number of anilines is 1. The Balaban J connectivity index is 1.84. The number of carbonyl (C=O) groups is 1. The number of urea groups is 1. The maximum atomic E-state index is 12.0. The van der Waals surface area contributed by atoms with Gasteiger partial charge in [0.05, 0.1) is 12.6 Å². The van der Waals surface area contributed by atoms with Crippen LogP contribution in [0.1, 0.15) is 17.3 Å². The highest BCUT2D eigenvalue weighted by atomic mass is 16.2. The van der Waals surface area contributed by atoms with Crippen LogP contribution in [0.5, 0.6) is 0 Å². The van der Waals surface area contributed by atoms with Crippen LogP contribution in [0.2, 0.25) is 0 Å². The molecule has 1 aliphatic rings. The molecule has 0 radical (unpaired) electrons. The number of nitrogens with one attached hydrogen (secondary N) is 2. The van der Waals surface area contributed by atoms with Gasteiger partial charge < -0.3 is 16.0 Å². The van der Waals surface area contributed by atoms with Crippen LogP contribution < -0.4 is 16.0 Å². The Labute approximate surface area is 111 Å². The van der Waals surface area contributed by atoms with Gasteiger partial charge in [0.25, 0.3) is 0 Å². The first-order valence-electron chi connectivity index (χ1n) is 6.28. The number of nitrogens with two attached hydrogens (primary N) is 1. The summed E-state index contributed by atoms with van der Waals surface area (Å²) in [6.07, 6.45) is 1.86. The van der Waals surface area contributed by atoms with Gasteiger partial charge >= 0.3 is 6.03 Å². The van der Waals surface area contributed by atoms with Gasteiger partial charge in [-0.15, -0.1) is 0 Å². The zero-order valence-electron chi connectivity index (χ0n) is 10.5. The summed E-state index contributed by atoms with van der Waals surface area (Å²) in [5.74, 6) is 0. The first-order chi connectivity index (χ1) is 9.28. The number of carbonyl (C=O) groups excluding carboxylic acids is 1. The van der Waals surface area contributed by atoms with Crippen LogP contribution in [0.15, 0.2) is 42.6 Å². The van der Waals surface area contributed by atoms with Crippen LogP contribution >= 0.6 is 0 Å². The van der Waals surface area contributed by atoms with Crippen molar-refractivity contribution >= 4 is 11.7 Å². The van der Waals surface area contributed by atoms with Crippen LogP contribution in [0.4, 0.5) is 10.5 Å². The second kappa shape index (κ2) is 4.78. The Hall–Kier alpha value is -2.27. The number of benzene rings is 1. The van der Waals surface area contributed by atoms with E-state index in [4.69, 9.17) is 5.73 Å². The molecule has 2 heterocycles. The van der Waals surface area contributed by atoms with Crippen LogP contribution in [0, 0.1) is 0 Å². The van der Waals surface area contributed by atoms with Crippen molar-refractivity contribution < 1.29 is 4.79 Å². The predicted molar refractivity (Wildman–Crippen MR) is 73.7 cm³/mol. The fourth-order valence-corrected chi connectivity index (χ4v) is 2.35. The lowest BCUT2D eigenvalue weighted by Crippen LogP contribution is -2.27. The van der Waals surface area contributed by atoms with E-state index < -0.39 is 0 Å². The Kier molecular flexibility index (Phi) is 2.97. The summed E-state index contributed by atoms with van der Waals surface area (Å²) in [4.78, 5) is 16.9. The highest BCUT2D eigenvalue weighted by Gasteiger charge is 2.31. The highest BCUT2D eigenvalue weighted by Crippen LogP contribution is 2.25. The molecular weight excluding hydrogens is 240 g/mol. The number of hydrogen-bond acceptors (Lipinski definition) is 2. The first-order valence-corrected chi connectivity index (χ1v) is 6.28. The summed E-state index contributed by atoms with van der Waals surface area (Å²) in [6, 6.07) is 11.6. The Morgan fingerprint density at radius 3 is 2.95 bits per heavy atom. The molecule has 0 aliphatic carbocycles. The van der Waals surface area contributed by atoms with Gasteiger partial charge in [-0.25, -0.2) is 4.79 Å². The van der Waals surface area contributed by atoms with E-state index in [0.717, 1.165) is 16.9 Å². The lowest BCUT2D eigenvalue weighted by Gasteiger charge is -2.15. The topological polar surface area (TPSA) is 74.2 Å². The molecule has 1 fully saturated rings. The van der Waals surface area contributed by atoms with Crippen molar-refractivity contribution in [1.82, 2.24) is 10.3 Å². The standard InChI is InChI=1S/C14H16N4O/c15-8-10-3-1-4-11(7-10)18-9-13(17-14(18)19)12-5-2-6-16-12/h1-7,13,16H,8-9,15H2,(H,17,19).